The summed E-state index contributed by atoms with van der Waals surface area (Å²) in [7, 11) is -3.45. The van der Waals surface area contributed by atoms with E-state index in [1.807, 2.05) is 5.38 Å². The summed E-state index contributed by atoms with van der Waals surface area (Å²) in [5.41, 5.74) is 1.50. The molecule has 28 heavy (non-hydrogen) atoms. The molecule has 1 fully saturated rings. The Bertz CT molecular complexity index is 885. The lowest BCUT2D eigenvalue weighted by Gasteiger charge is -2.25. The van der Waals surface area contributed by atoms with Crippen LogP contribution in [-0.4, -0.2) is 36.8 Å². The van der Waals surface area contributed by atoms with Crippen LogP contribution in [0.5, 0.6) is 0 Å². The Balaban J connectivity index is 1.53. The molecule has 8 heteroatoms. The van der Waals surface area contributed by atoms with Crippen molar-refractivity contribution in [2.24, 2.45) is 0 Å². The molecule has 2 heterocycles. The number of thiazole rings is 1. The number of esters is 1. The van der Waals surface area contributed by atoms with Gasteiger partial charge >= 0.3 is 5.97 Å². The molecule has 1 aromatic carbocycles. The van der Waals surface area contributed by atoms with E-state index in [0.29, 0.717) is 13.1 Å². The first-order valence-electron chi connectivity index (χ1n) is 9.67. The zero-order valence-corrected chi connectivity index (χ0v) is 17.7. The molecule has 152 valence electrons. The first kappa shape index (κ1) is 21.0. The number of aryl methyl sites for hydroxylation is 1. The SMILES string of the molecule is CCCc1nc(COC(=O)Cc2ccc(S(=O)(=O)N3CCCCC3)cc2)cs1. The van der Waals surface area contributed by atoms with Crippen LogP contribution in [0.25, 0.3) is 0 Å². The van der Waals surface area contributed by atoms with Crippen molar-refractivity contribution in [3.8, 4) is 0 Å². The van der Waals surface area contributed by atoms with Gasteiger partial charge in [0.2, 0.25) is 10.0 Å². The van der Waals surface area contributed by atoms with Crippen molar-refractivity contribution >= 4 is 27.3 Å². The summed E-state index contributed by atoms with van der Waals surface area (Å²) in [6.45, 7) is 3.42. The molecule has 1 saturated heterocycles. The first-order chi connectivity index (χ1) is 13.5. The molecule has 3 rings (SSSR count). The quantitative estimate of drug-likeness (QED) is 0.608. The molecule has 2 aromatic rings. The fourth-order valence-electron chi connectivity index (χ4n) is 3.15. The maximum absolute atomic E-state index is 12.7. The topological polar surface area (TPSA) is 76.6 Å². The zero-order valence-electron chi connectivity index (χ0n) is 16.1. The van der Waals surface area contributed by atoms with Gasteiger partial charge in [-0.05, 0) is 43.4 Å². The van der Waals surface area contributed by atoms with E-state index >= 15 is 0 Å². The highest BCUT2D eigenvalue weighted by Gasteiger charge is 2.25. The normalized spacial score (nSPS) is 15.5. The third-order valence-electron chi connectivity index (χ3n) is 4.67. The third kappa shape index (κ3) is 5.40. The molecule has 6 nitrogen and oxygen atoms in total. The minimum atomic E-state index is -3.45. The number of rotatable bonds is 8. The Morgan fingerprint density at radius 3 is 2.57 bits per heavy atom. The Morgan fingerprint density at radius 2 is 1.89 bits per heavy atom. The number of ether oxygens (including phenoxy) is 1. The Morgan fingerprint density at radius 1 is 1.18 bits per heavy atom. The van der Waals surface area contributed by atoms with Crippen molar-refractivity contribution in [3.63, 3.8) is 0 Å². The molecule has 0 N–H and O–H groups in total. The van der Waals surface area contributed by atoms with Crippen molar-refractivity contribution in [1.29, 1.82) is 0 Å². The lowest BCUT2D eigenvalue weighted by molar-refractivity contribution is -0.144. The van der Waals surface area contributed by atoms with E-state index in [-0.39, 0.29) is 23.9 Å². The molecule has 0 bridgehead atoms. The summed E-state index contributed by atoms with van der Waals surface area (Å²) in [6, 6.07) is 6.51. The van der Waals surface area contributed by atoms with E-state index in [1.165, 1.54) is 0 Å². The monoisotopic (exact) mass is 422 g/mol. The molecule has 1 aliphatic heterocycles. The zero-order chi connectivity index (χ0) is 20.0. The minimum Gasteiger partial charge on any atom is -0.459 e. The molecule has 0 spiro atoms. The van der Waals surface area contributed by atoms with Crippen LogP contribution in [0.3, 0.4) is 0 Å². The number of hydrogen-bond acceptors (Lipinski definition) is 6. The van der Waals surface area contributed by atoms with E-state index in [2.05, 4.69) is 11.9 Å². The largest absolute Gasteiger partial charge is 0.459 e. The first-order valence-corrected chi connectivity index (χ1v) is 12.0. The van der Waals surface area contributed by atoms with Crippen molar-refractivity contribution in [2.45, 2.75) is 57.0 Å². The molecule has 0 amide bonds. The number of benzene rings is 1. The predicted molar refractivity (Wildman–Crippen MR) is 109 cm³/mol. The number of piperidine rings is 1. The summed E-state index contributed by atoms with van der Waals surface area (Å²) in [4.78, 5) is 16.8. The second-order valence-electron chi connectivity index (χ2n) is 6.93. The van der Waals surface area contributed by atoms with E-state index < -0.39 is 10.0 Å². The second-order valence-corrected chi connectivity index (χ2v) is 9.81. The van der Waals surface area contributed by atoms with Gasteiger partial charge in [-0.25, -0.2) is 13.4 Å². The maximum Gasteiger partial charge on any atom is 0.310 e. The molecule has 0 unspecified atom stereocenters. The van der Waals surface area contributed by atoms with E-state index in [4.69, 9.17) is 4.74 Å². The van der Waals surface area contributed by atoms with Crippen LogP contribution >= 0.6 is 11.3 Å². The van der Waals surface area contributed by atoms with Gasteiger partial charge in [0.05, 0.1) is 22.0 Å². The van der Waals surface area contributed by atoms with Crippen LogP contribution in [-0.2, 0) is 39.0 Å². The highest BCUT2D eigenvalue weighted by Crippen LogP contribution is 2.21. The summed E-state index contributed by atoms with van der Waals surface area (Å²) < 4.78 is 32.2. The fourth-order valence-corrected chi connectivity index (χ4v) is 5.55. The van der Waals surface area contributed by atoms with Crippen molar-refractivity contribution < 1.29 is 17.9 Å². The van der Waals surface area contributed by atoms with Gasteiger partial charge in [-0.2, -0.15) is 4.31 Å². The van der Waals surface area contributed by atoms with Gasteiger partial charge in [0.1, 0.15) is 6.61 Å². The van der Waals surface area contributed by atoms with Crippen molar-refractivity contribution in [2.75, 3.05) is 13.1 Å². The van der Waals surface area contributed by atoms with Crippen LogP contribution in [0, 0.1) is 0 Å². The number of aromatic nitrogens is 1. The van der Waals surface area contributed by atoms with E-state index in [0.717, 1.165) is 48.4 Å². The molecule has 0 atom stereocenters. The summed E-state index contributed by atoms with van der Waals surface area (Å²) in [5, 5.41) is 2.97. The highest BCUT2D eigenvalue weighted by molar-refractivity contribution is 7.89. The molecule has 1 aromatic heterocycles. The minimum absolute atomic E-state index is 0.107. The average molecular weight is 423 g/mol. The smallest absolute Gasteiger partial charge is 0.310 e. The van der Waals surface area contributed by atoms with Crippen LogP contribution in [0.4, 0.5) is 0 Å². The average Bonchev–Trinajstić information content (AvgIpc) is 3.15. The summed E-state index contributed by atoms with van der Waals surface area (Å²) in [5.74, 6) is -0.350. The summed E-state index contributed by atoms with van der Waals surface area (Å²) in [6.07, 6.45) is 4.97. The molecular weight excluding hydrogens is 396 g/mol. The standard InChI is InChI=1S/C20H26N2O4S2/c1-2-6-19-21-17(15-27-19)14-26-20(23)13-16-7-9-18(10-8-16)28(24,25)22-11-4-3-5-12-22/h7-10,15H,2-6,11-14H2,1H3. The van der Waals surface area contributed by atoms with Crippen LogP contribution < -0.4 is 0 Å². The van der Waals surface area contributed by atoms with Gasteiger partial charge in [0, 0.05) is 18.5 Å². The van der Waals surface area contributed by atoms with Gasteiger partial charge in [-0.1, -0.05) is 25.5 Å². The molecular formula is C20H26N2O4S2. The molecule has 1 aliphatic rings. The Kier molecular flexibility index (Phi) is 7.20. The molecule has 0 saturated carbocycles. The highest BCUT2D eigenvalue weighted by atomic mass is 32.2. The van der Waals surface area contributed by atoms with Crippen molar-refractivity contribution in [3.05, 3.63) is 45.9 Å². The van der Waals surface area contributed by atoms with Crippen LogP contribution in [0.2, 0.25) is 0 Å². The molecule has 0 aliphatic carbocycles. The Hall–Kier alpha value is -1.77. The second kappa shape index (κ2) is 9.62. The number of nitrogens with zero attached hydrogens (tertiary/aromatic N) is 2. The van der Waals surface area contributed by atoms with Crippen molar-refractivity contribution in [1.82, 2.24) is 9.29 Å². The van der Waals surface area contributed by atoms with Crippen LogP contribution in [0.1, 0.15) is 48.9 Å². The summed E-state index contributed by atoms with van der Waals surface area (Å²) >= 11 is 1.58. The molecule has 0 radical (unpaired) electrons. The van der Waals surface area contributed by atoms with Gasteiger partial charge in [0.25, 0.3) is 0 Å². The Labute approximate surface area is 170 Å². The predicted octanol–water partition coefficient (Wildman–Crippen LogP) is 3.56. The fraction of sp³-hybridized carbons (Fsp3) is 0.500. The number of hydrogen-bond donors (Lipinski definition) is 0. The maximum atomic E-state index is 12.7. The van der Waals surface area contributed by atoms with Gasteiger partial charge < -0.3 is 4.74 Å². The number of carbonyl (C=O) groups excluding carboxylic acids is 1. The van der Waals surface area contributed by atoms with Gasteiger partial charge in [-0.3, -0.25) is 4.79 Å². The van der Waals surface area contributed by atoms with Gasteiger partial charge in [0.15, 0.2) is 0 Å². The number of sulfonamides is 1. The third-order valence-corrected chi connectivity index (χ3v) is 7.54. The van der Waals surface area contributed by atoms with Crippen LogP contribution in [0.15, 0.2) is 34.5 Å². The lowest BCUT2D eigenvalue weighted by Crippen LogP contribution is -2.35. The van der Waals surface area contributed by atoms with E-state index in [9.17, 15) is 13.2 Å². The van der Waals surface area contributed by atoms with E-state index in [1.54, 1.807) is 39.9 Å². The van der Waals surface area contributed by atoms with Gasteiger partial charge in [-0.15, -0.1) is 11.3 Å². The lowest BCUT2D eigenvalue weighted by atomic mass is 10.1. The number of carbonyl (C=O) groups is 1.